The summed E-state index contributed by atoms with van der Waals surface area (Å²) in [7, 11) is 1.92. The third kappa shape index (κ3) is 2.06. The van der Waals surface area contributed by atoms with E-state index in [1.54, 1.807) is 0 Å². The Labute approximate surface area is 114 Å². The molecule has 1 aromatic heterocycles. The highest BCUT2D eigenvalue weighted by atomic mass is 79.9. The highest BCUT2D eigenvalue weighted by molar-refractivity contribution is 9.10. The number of rotatable bonds is 3. The summed E-state index contributed by atoms with van der Waals surface area (Å²) in [6, 6.07) is 12.1. The van der Waals surface area contributed by atoms with Gasteiger partial charge < -0.3 is 14.5 Å². The molecule has 0 amide bonds. The predicted molar refractivity (Wildman–Crippen MR) is 72.8 cm³/mol. The van der Waals surface area contributed by atoms with Gasteiger partial charge in [0.1, 0.15) is 23.7 Å². The van der Waals surface area contributed by atoms with Crippen molar-refractivity contribution < 1.29 is 9.15 Å². The zero-order valence-electron chi connectivity index (χ0n) is 10.0. The zero-order chi connectivity index (χ0) is 12.5. The van der Waals surface area contributed by atoms with Crippen LogP contribution in [0.25, 0.3) is 0 Å². The number of hydrogen-bond acceptors (Lipinski definition) is 3. The van der Waals surface area contributed by atoms with Gasteiger partial charge in [-0.1, -0.05) is 18.2 Å². The minimum atomic E-state index is 0.0590. The molecule has 1 aromatic carbocycles. The van der Waals surface area contributed by atoms with E-state index in [0.29, 0.717) is 0 Å². The Bertz CT molecular complexity index is 527. The van der Waals surface area contributed by atoms with Gasteiger partial charge in [-0.2, -0.15) is 0 Å². The van der Waals surface area contributed by atoms with Gasteiger partial charge in [0.2, 0.25) is 0 Å². The fraction of sp³-hybridized carbons (Fsp3) is 0.286. The minimum Gasteiger partial charge on any atom is -0.488 e. The van der Waals surface area contributed by atoms with Crippen LogP contribution in [0, 0.1) is 0 Å². The van der Waals surface area contributed by atoms with Crippen LogP contribution in [-0.4, -0.2) is 13.2 Å². The first-order valence-corrected chi connectivity index (χ1v) is 6.74. The van der Waals surface area contributed by atoms with E-state index in [2.05, 4.69) is 27.3 Å². The lowest BCUT2D eigenvalue weighted by molar-refractivity contribution is 0.168. The summed E-state index contributed by atoms with van der Waals surface area (Å²) in [5.74, 6) is 1.87. The van der Waals surface area contributed by atoms with Gasteiger partial charge in [0.15, 0.2) is 4.67 Å². The third-order valence-electron chi connectivity index (χ3n) is 3.26. The summed E-state index contributed by atoms with van der Waals surface area (Å²) in [4.78, 5) is 0. The van der Waals surface area contributed by atoms with E-state index in [-0.39, 0.29) is 12.1 Å². The van der Waals surface area contributed by atoms with E-state index >= 15 is 0 Å². The molecule has 0 saturated heterocycles. The average Bonchev–Trinajstić information content (AvgIpc) is 2.96. The first kappa shape index (κ1) is 11.8. The van der Waals surface area contributed by atoms with Crippen molar-refractivity contribution in [2.24, 2.45) is 0 Å². The second kappa shape index (κ2) is 4.78. The van der Waals surface area contributed by atoms with Crippen molar-refractivity contribution in [3.8, 4) is 5.75 Å². The maximum atomic E-state index is 5.99. The van der Waals surface area contributed by atoms with Gasteiger partial charge in [0.05, 0.1) is 0 Å². The predicted octanol–water partition coefficient (Wildman–Crippen LogP) is 3.31. The molecule has 2 atom stereocenters. The summed E-state index contributed by atoms with van der Waals surface area (Å²) in [6.45, 7) is 0. The molecule has 2 unspecified atom stereocenters. The number of furan rings is 1. The molecule has 18 heavy (non-hydrogen) atoms. The zero-order valence-corrected chi connectivity index (χ0v) is 11.6. The maximum Gasteiger partial charge on any atom is 0.169 e. The van der Waals surface area contributed by atoms with Crippen molar-refractivity contribution in [3.05, 3.63) is 52.4 Å². The Morgan fingerprint density at radius 3 is 2.78 bits per heavy atom. The van der Waals surface area contributed by atoms with Crippen LogP contribution < -0.4 is 10.1 Å². The largest absolute Gasteiger partial charge is 0.488 e. The van der Waals surface area contributed by atoms with Gasteiger partial charge >= 0.3 is 0 Å². The quantitative estimate of drug-likeness (QED) is 0.944. The number of fused-ring (bicyclic) bond motifs is 1. The first-order valence-electron chi connectivity index (χ1n) is 5.95. The summed E-state index contributed by atoms with van der Waals surface area (Å²) in [5, 5.41) is 3.27. The third-order valence-corrected chi connectivity index (χ3v) is 3.68. The summed E-state index contributed by atoms with van der Waals surface area (Å²) in [6.07, 6.45) is 0.977. The Balaban J connectivity index is 1.83. The van der Waals surface area contributed by atoms with Crippen molar-refractivity contribution in [3.63, 3.8) is 0 Å². The summed E-state index contributed by atoms with van der Waals surface area (Å²) in [5.41, 5.74) is 1.26. The molecule has 0 saturated carbocycles. The van der Waals surface area contributed by atoms with E-state index in [1.165, 1.54) is 5.56 Å². The number of hydrogen-bond donors (Lipinski definition) is 1. The fourth-order valence-corrected chi connectivity index (χ4v) is 2.72. The van der Waals surface area contributed by atoms with Crippen molar-refractivity contribution in [1.29, 1.82) is 0 Å². The van der Waals surface area contributed by atoms with Crippen molar-refractivity contribution in [2.45, 2.75) is 18.6 Å². The molecule has 3 nitrogen and oxygen atoms in total. The topological polar surface area (TPSA) is 34.4 Å². The van der Waals surface area contributed by atoms with Crippen LogP contribution in [0.1, 0.15) is 17.4 Å². The maximum absolute atomic E-state index is 5.99. The van der Waals surface area contributed by atoms with Crippen LogP contribution >= 0.6 is 15.9 Å². The van der Waals surface area contributed by atoms with Gasteiger partial charge in [0.25, 0.3) is 0 Å². The molecule has 1 N–H and O–H groups in total. The second-order valence-electron chi connectivity index (χ2n) is 4.38. The highest BCUT2D eigenvalue weighted by Gasteiger charge is 2.32. The first-order chi connectivity index (χ1) is 8.78. The van der Waals surface area contributed by atoms with Crippen LogP contribution in [0.15, 0.2) is 45.5 Å². The Morgan fingerprint density at radius 1 is 1.28 bits per heavy atom. The van der Waals surface area contributed by atoms with Crippen LogP contribution in [0.4, 0.5) is 0 Å². The van der Waals surface area contributed by atoms with Gasteiger partial charge in [-0.05, 0) is 46.7 Å². The van der Waals surface area contributed by atoms with E-state index in [1.807, 2.05) is 37.4 Å². The number of ether oxygens (including phenoxy) is 1. The molecule has 0 fully saturated rings. The van der Waals surface area contributed by atoms with Crippen LogP contribution in [0.5, 0.6) is 5.75 Å². The summed E-state index contributed by atoms with van der Waals surface area (Å²) < 4.78 is 12.4. The van der Waals surface area contributed by atoms with Crippen LogP contribution in [0.3, 0.4) is 0 Å². The molecule has 4 heteroatoms. The number of para-hydroxylation sites is 1. The number of benzene rings is 1. The van der Waals surface area contributed by atoms with E-state index < -0.39 is 0 Å². The van der Waals surface area contributed by atoms with E-state index in [4.69, 9.17) is 9.15 Å². The van der Waals surface area contributed by atoms with Crippen molar-refractivity contribution in [1.82, 2.24) is 5.32 Å². The molecule has 1 aliphatic rings. The monoisotopic (exact) mass is 307 g/mol. The van der Waals surface area contributed by atoms with Crippen molar-refractivity contribution in [2.75, 3.05) is 7.05 Å². The molecular formula is C14H14BrNO2. The van der Waals surface area contributed by atoms with Crippen LogP contribution in [0.2, 0.25) is 0 Å². The molecule has 1 aliphatic heterocycles. The Morgan fingerprint density at radius 2 is 2.11 bits per heavy atom. The van der Waals surface area contributed by atoms with Gasteiger partial charge in [-0.3, -0.25) is 0 Å². The summed E-state index contributed by atoms with van der Waals surface area (Å²) >= 11 is 3.33. The SMILES string of the molecule is CNC(c1ccc(Br)o1)C1Cc2ccccc2O1. The lowest BCUT2D eigenvalue weighted by atomic mass is 10.0. The second-order valence-corrected chi connectivity index (χ2v) is 5.16. The fourth-order valence-electron chi connectivity index (χ4n) is 2.40. The lowest BCUT2D eigenvalue weighted by Crippen LogP contribution is -2.32. The molecule has 0 radical (unpaired) electrons. The number of nitrogens with one attached hydrogen (secondary N) is 1. The molecule has 0 bridgehead atoms. The smallest absolute Gasteiger partial charge is 0.169 e. The molecule has 0 spiro atoms. The Hall–Kier alpha value is -1.26. The van der Waals surface area contributed by atoms with Crippen LogP contribution in [-0.2, 0) is 6.42 Å². The molecule has 94 valence electrons. The van der Waals surface area contributed by atoms with Gasteiger partial charge in [0, 0.05) is 6.42 Å². The van der Waals surface area contributed by atoms with Crippen molar-refractivity contribution >= 4 is 15.9 Å². The highest BCUT2D eigenvalue weighted by Crippen LogP contribution is 2.34. The molecule has 0 aliphatic carbocycles. The molecule has 2 aromatic rings. The van der Waals surface area contributed by atoms with Gasteiger partial charge in [-0.25, -0.2) is 0 Å². The minimum absolute atomic E-state index is 0.0590. The molecule has 2 heterocycles. The Kier molecular flexibility index (Phi) is 3.14. The normalized spacial score (nSPS) is 19.3. The number of halogens is 1. The van der Waals surface area contributed by atoms with E-state index in [0.717, 1.165) is 22.6 Å². The molecule has 3 rings (SSSR count). The standard InChI is InChI=1S/C14H14BrNO2/c1-16-14(11-6-7-13(15)18-11)12-8-9-4-2-3-5-10(9)17-12/h2-7,12,14,16H,8H2,1H3. The van der Waals surface area contributed by atoms with Gasteiger partial charge in [-0.15, -0.1) is 0 Å². The average molecular weight is 308 g/mol. The molecular weight excluding hydrogens is 294 g/mol. The number of likely N-dealkylation sites (N-methyl/N-ethyl adjacent to an activating group) is 1. The lowest BCUT2D eigenvalue weighted by Gasteiger charge is -2.20. The van der Waals surface area contributed by atoms with E-state index in [9.17, 15) is 0 Å².